The lowest BCUT2D eigenvalue weighted by atomic mass is 10.1. The lowest BCUT2D eigenvalue weighted by molar-refractivity contribution is 0.445. The van der Waals surface area contributed by atoms with Crippen molar-refractivity contribution in [1.82, 2.24) is 4.31 Å². The molecule has 0 amide bonds. The normalized spacial score (nSPS) is 15.2. The Morgan fingerprint density at radius 1 is 1.12 bits per heavy atom. The topological polar surface area (TPSA) is 37.4 Å². The molecule has 0 spiro atoms. The lowest BCUT2D eigenvalue weighted by Gasteiger charge is -2.18. The molecule has 2 rings (SSSR count). The van der Waals surface area contributed by atoms with Crippen LogP contribution in [-0.2, 0) is 22.9 Å². The van der Waals surface area contributed by atoms with E-state index in [1.807, 2.05) is 26.0 Å². The number of hydrogen-bond acceptors (Lipinski definition) is 2. The van der Waals surface area contributed by atoms with Gasteiger partial charge in [0.05, 0.1) is 4.90 Å². The molecular weight excluding hydrogens is 234 g/mol. The van der Waals surface area contributed by atoms with Gasteiger partial charge in [0.15, 0.2) is 0 Å². The fourth-order valence-corrected chi connectivity index (χ4v) is 3.93. The van der Waals surface area contributed by atoms with Gasteiger partial charge in [0.2, 0.25) is 10.0 Å². The van der Waals surface area contributed by atoms with Gasteiger partial charge in [0, 0.05) is 13.1 Å². The molecule has 0 unspecified atom stereocenters. The van der Waals surface area contributed by atoms with Crippen molar-refractivity contribution in [3.63, 3.8) is 0 Å². The van der Waals surface area contributed by atoms with E-state index in [2.05, 4.69) is 0 Å². The van der Waals surface area contributed by atoms with Crippen LogP contribution in [0.3, 0.4) is 0 Å². The summed E-state index contributed by atoms with van der Waals surface area (Å²) in [7, 11) is -3.29. The van der Waals surface area contributed by atoms with Crippen LogP contribution in [0.25, 0.3) is 0 Å². The number of sulfonamides is 1. The second-order valence-corrected chi connectivity index (χ2v) is 6.31. The van der Waals surface area contributed by atoms with Crippen molar-refractivity contribution in [2.24, 2.45) is 0 Å². The maximum Gasteiger partial charge on any atom is 0.243 e. The zero-order valence-electron chi connectivity index (χ0n) is 10.4. The second kappa shape index (κ2) is 4.78. The Kier molecular flexibility index (Phi) is 3.54. The first-order valence-corrected chi connectivity index (χ1v) is 7.65. The molecule has 0 fully saturated rings. The minimum atomic E-state index is -3.29. The summed E-state index contributed by atoms with van der Waals surface area (Å²) in [6, 6.07) is 5.58. The molecule has 0 heterocycles. The number of aryl methyl sites for hydroxylation is 2. The van der Waals surface area contributed by atoms with Crippen molar-refractivity contribution >= 4 is 10.0 Å². The molecule has 0 bridgehead atoms. The zero-order chi connectivity index (χ0) is 12.5. The van der Waals surface area contributed by atoms with Gasteiger partial charge in [0.1, 0.15) is 0 Å². The molecular formula is C13H19NO2S. The van der Waals surface area contributed by atoms with E-state index < -0.39 is 10.0 Å². The highest BCUT2D eigenvalue weighted by Crippen LogP contribution is 2.26. The zero-order valence-corrected chi connectivity index (χ0v) is 11.3. The van der Waals surface area contributed by atoms with Gasteiger partial charge in [-0.05, 0) is 42.5 Å². The molecule has 1 aliphatic rings. The Morgan fingerprint density at radius 3 is 2.41 bits per heavy atom. The second-order valence-electron chi connectivity index (χ2n) is 4.37. The fourth-order valence-electron chi connectivity index (χ4n) is 2.42. The third kappa shape index (κ3) is 2.24. The van der Waals surface area contributed by atoms with Crippen molar-refractivity contribution < 1.29 is 8.42 Å². The molecule has 17 heavy (non-hydrogen) atoms. The first-order valence-electron chi connectivity index (χ1n) is 6.21. The maximum absolute atomic E-state index is 12.3. The van der Waals surface area contributed by atoms with E-state index in [1.54, 1.807) is 6.07 Å². The highest BCUT2D eigenvalue weighted by atomic mass is 32.2. The average molecular weight is 253 g/mol. The third-order valence-electron chi connectivity index (χ3n) is 3.41. The molecule has 1 aromatic rings. The summed E-state index contributed by atoms with van der Waals surface area (Å²) in [5, 5.41) is 0. The minimum Gasteiger partial charge on any atom is -0.207 e. The Hall–Kier alpha value is -0.870. The van der Waals surface area contributed by atoms with E-state index in [-0.39, 0.29) is 0 Å². The first-order chi connectivity index (χ1) is 8.09. The van der Waals surface area contributed by atoms with E-state index in [0.717, 1.165) is 19.3 Å². The average Bonchev–Trinajstić information content (AvgIpc) is 2.77. The van der Waals surface area contributed by atoms with E-state index in [1.165, 1.54) is 15.4 Å². The predicted octanol–water partition coefficient (Wildman–Crippen LogP) is 2.21. The van der Waals surface area contributed by atoms with Crippen LogP contribution in [0, 0.1) is 0 Å². The monoisotopic (exact) mass is 253 g/mol. The molecule has 0 aliphatic heterocycles. The number of nitrogens with zero attached hydrogens (tertiary/aromatic N) is 1. The van der Waals surface area contributed by atoms with Crippen molar-refractivity contribution in [1.29, 1.82) is 0 Å². The molecule has 0 atom stereocenters. The number of fused-ring (bicyclic) bond motifs is 1. The predicted molar refractivity (Wildman–Crippen MR) is 68.6 cm³/mol. The van der Waals surface area contributed by atoms with Crippen molar-refractivity contribution in [3.05, 3.63) is 29.3 Å². The van der Waals surface area contributed by atoms with Crippen LogP contribution in [0.2, 0.25) is 0 Å². The van der Waals surface area contributed by atoms with E-state index in [4.69, 9.17) is 0 Å². The smallest absolute Gasteiger partial charge is 0.207 e. The van der Waals surface area contributed by atoms with Gasteiger partial charge >= 0.3 is 0 Å². The van der Waals surface area contributed by atoms with Crippen LogP contribution in [0.1, 0.15) is 31.4 Å². The summed E-state index contributed by atoms with van der Waals surface area (Å²) in [5.41, 5.74) is 2.52. The Labute approximate surface area is 104 Å². The standard InChI is InChI=1S/C13H19NO2S/c1-3-14(4-2)17(15,16)13-9-8-11-6-5-7-12(11)10-13/h8-10H,3-7H2,1-2H3. The number of benzene rings is 1. The highest BCUT2D eigenvalue weighted by Gasteiger charge is 2.23. The molecule has 3 nitrogen and oxygen atoms in total. The van der Waals surface area contributed by atoms with Gasteiger partial charge in [-0.2, -0.15) is 4.31 Å². The summed E-state index contributed by atoms with van der Waals surface area (Å²) in [4.78, 5) is 0.446. The molecule has 1 aliphatic carbocycles. The lowest BCUT2D eigenvalue weighted by Crippen LogP contribution is -2.30. The van der Waals surface area contributed by atoms with Crippen molar-refractivity contribution in [2.75, 3.05) is 13.1 Å². The highest BCUT2D eigenvalue weighted by molar-refractivity contribution is 7.89. The van der Waals surface area contributed by atoms with E-state index in [9.17, 15) is 8.42 Å². The summed E-state index contributed by atoms with van der Waals surface area (Å²) < 4.78 is 26.1. The minimum absolute atomic E-state index is 0.446. The Bertz CT molecular complexity index is 504. The SMILES string of the molecule is CCN(CC)S(=O)(=O)c1ccc2c(c1)CCC2. The Balaban J connectivity index is 2.40. The number of hydrogen-bond donors (Lipinski definition) is 0. The maximum atomic E-state index is 12.3. The van der Waals surface area contributed by atoms with Gasteiger partial charge in [0.25, 0.3) is 0 Å². The molecule has 0 radical (unpaired) electrons. The molecule has 0 aromatic heterocycles. The number of rotatable bonds is 4. The van der Waals surface area contributed by atoms with Crippen LogP contribution in [0.4, 0.5) is 0 Å². The van der Waals surface area contributed by atoms with Crippen molar-refractivity contribution in [2.45, 2.75) is 38.0 Å². The van der Waals surface area contributed by atoms with E-state index in [0.29, 0.717) is 18.0 Å². The van der Waals surface area contributed by atoms with Crippen LogP contribution in [0.15, 0.2) is 23.1 Å². The van der Waals surface area contributed by atoms with Crippen LogP contribution in [-0.4, -0.2) is 25.8 Å². The van der Waals surface area contributed by atoms with Gasteiger partial charge in [-0.1, -0.05) is 19.9 Å². The molecule has 0 saturated heterocycles. The Morgan fingerprint density at radius 2 is 1.76 bits per heavy atom. The fraction of sp³-hybridized carbons (Fsp3) is 0.538. The van der Waals surface area contributed by atoms with Gasteiger partial charge in [-0.25, -0.2) is 8.42 Å². The quantitative estimate of drug-likeness (QED) is 0.825. The molecule has 1 aromatic carbocycles. The van der Waals surface area contributed by atoms with Crippen LogP contribution < -0.4 is 0 Å². The summed E-state index contributed by atoms with van der Waals surface area (Å²) in [6.45, 7) is 4.79. The molecule has 94 valence electrons. The van der Waals surface area contributed by atoms with Crippen LogP contribution >= 0.6 is 0 Å². The summed E-state index contributed by atoms with van der Waals surface area (Å²) >= 11 is 0. The molecule has 4 heteroatoms. The third-order valence-corrected chi connectivity index (χ3v) is 5.46. The van der Waals surface area contributed by atoms with Gasteiger partial charge < -0.3 is 0 Å². The molecule has 0 N–H and O–H groups in total. The largest absolute Gasteiger partial charge is 0.243 e. The molecule has 0 saturated carbocycles. The van der Waals surface area contributed by atoms with Crippen LogP contribution in [0.5, 0.6) is 0 Å². The van der Waals surface area contributed by atoms with E-state index >= 15 is 0 Å². The summed E-state index contributed by atoms with van der Waals surface area (Å²) in [5.74, 6) is 0. The van der Waals surface area contributed by atoms with Gasteiger partial charge in [-0.3, -0.25) is 0 Å². The van der Waals surface area contributed by atoms with Gasteiger partial charge in [-0.15, -0.1) is 0 Å². The first kappa shape index (κ1) is 12.6. The summed E-state index contributed by atoms with van der Waals surface area (Å²) in [6.07, 6.45) is 3.24. The van der Waals surface area contributed by atoms with Crippen molar-refractivity contribution in [3.8, 4) is 0 Å².